The van der Waals surface area contributed by atoms with E-state index in [0.29, 0.717) is 18.2 Å². The van der Waals surface area contributed by atoms with Gasteiger partial charge in [0.05, 0.1) is 10.6 Å². The Bertz CT molecular complexity index is 411. The van der Waals surface area contributed by atoms with Crippen molar-refractivity contribution in [1.29, 1.82) is 0 Å². The van der Waals surface area contributed by atoms with Crippen molar-refractivity contribution in [1.82, 2.24) is 0 Å². The molecular weight excluding hydrogens is 272 g/mol. The van der Waals surface area contributed by atoms with E-state index in [2.05, 4.69) is 0 Å². The lowest BCUT2D eigenvalue weighted by molar-refractivity contribution is -0.149. The molecular formula is C9H6ClF6N. The number of halogens is 7. The fourth-order valence-corrected chi connectivity index (χ4v) is 1.44. The summed E-state index contributed by atoms with van der Waals surface area (Å²) in [5, 5.41) is -0.810. The van der Waals surface area contributed by atoms with Gasteiger partial charge in [0.25, 0.3) is 0 Å². The molecule has 0 bridgehead atoms. The minimum absolute atomic E-state index is 0.475. The molecule has 96 valence electrons. The third-order valence-electron chi connectivity index (χ3n) is 2.01. The number of rotatable bonds is 1. The summed E-state index contributed by atoms with van der Waals surface area (Å²) in [6, 6.07) is -0.652. The second kappa shape index (κ2) is 4.38. The first-order chi connectivity index (χ1) is 7.53. The number of hydrogen-bond acceptors (Lipinski definition) is 1. The quantitative estimate of drug-likeness (QED) is 0.774. The molecule has 0 spiro atoms. The van der Waals surface area contributed by atoms with E-state index in [9.17, 15) is 26.3 Å². The lowest BCUT2D eigenvalue weighted by Crippen LogP contribution is -2.28. The number of benzene rings is 1. The molecule has 0 radical (unpaired) electrons. The van der Waals surface area contributed by atoms with Crippen molar-refractivity contribution in [3.63, 3.8) is 0 Å². The van der Waals surface area contributed by atoms with Gasteiger partial charge in [-0.3, -0.25) is 0 Å². The summed E-state index contributed by atoms with van der Waals surface area (Å²) in [6.45, 7) is 0. The van der Waals surface area contributed by atoms with Crippen LogP contribution in [0.15, 0.2) is 18.2 Å². The monoisotopic (exact) mass is 277 g/mol. The second-order valence-corrected chi connectivity index (χ2v) is 3.66. The topological polar surface area (TPSA) is 26.0 Å². The standard InChI is InChI=1S/C9H6ClF6N/c10-6-3-4(7(17)9(14,15)16)1-2-5(6)8(11,12)13/h1-3,7H,17H2. The minimum atomic E-state index is -4.73. The highest BCUT2D eigenvalue weighted by atomic mass is 35.5. The fraction of sp³-hybridized carbons (Fsp3) is 0.333. The maximum Gasteiger partial charge on any atom is 0.417 e. The van der Waals surface area contributed by atoms with E-state index < -0.39 is 34.5 Å². The molecule has 0 heterocycles. The van der Waals surface area contributed by atoms with Crippen molar-refractivity contribution >= 4 is 11.6 Å². The third-order valence-corrected chi connectivity index (χ3v) is 2.32. The van der Waals surface area contributed by atoms with Crippen LogP contribution < -0.4 is 5.73 Å². The summed E-state index contributed by atoms with van der Waals surface area (Å²) in [4.78, 5) is 0. The molecule has 0 aliphatic heterocycles. The van der Waals surface area contributed by atoms with Gasteiger partial charge >= 0.3 is 12.4 Å². The van der Waals surface area contributed by atoms with E-state index in [-0.39, 0.29) is 0 Å². The molecule has 0 amide bonds. The van der Waals surface area contributed by atoms with Crippen LogP contribution >= 0.6 is 11.6 Å². The predicted molar refractivity (Wildman–Crippen MR) is 49.4 cm³/mol. The molecule has 1 nitrogen and oxygen atoms in total. The molecule has 1 aromatic carbocycles. The zero-order valence-corrected chi connectivity index (χ0v) is 8.79. The van der Waals surface area contributed by atoms with Gasteiger partial charge in [0.15, 0.2) is 0 Å². The van der Waals surface area contributed by atoms with Gasteiger partial charge < -0.3 is 5.73 Å². The normalized spacial score (nSPS) is 14.8. The van der Waals surface area contributed by atoms with Gasteiger partial charge in [-0.25, -0.2) is 0 Å². The largest absolute Gasteiger partial charge is 0.417 e. The van der Waals surface area contributed by atoms with Crippen LogP contribution in [-0.4, -0.2) is 6.18 Å². The Balaban J connectivity index is 3.14. The summed E-state index contributed by atoms with van der Waals surface area (Å²) < 4.78 is 73.5. The highest BCUT2D eigenvalue weighted by molar-refractivity contribution is 6.31. The maximum atomic E-state index is 12.3. The van der Waals surface area contributed by atoms with Gasteiger partial charge in [0.1, 0.15) is 6.04 Å². The van der Waals surface area contributed by atoms with Crippen molar-refractivity contribution in [3.05, 3.63) is 34.3 Å². The van der Waals surface area contributed by atoms with Crippen LogP contribution in [0, 0.1) is 0 Å². The van der Waals surface area contributed by atoms with Crippen molar-refractivity contribution in [3.8, 4) is 0 Å². The van der Waals surface area contributed by atoms with E-state index in [1.54, 1.807) is 0 Å². The molecule has 1 aromatic rings. The van der Waals surface area contributed by atoms with Crippen LogP contribution in [0.4, 0.5) is 26.3 Å². The molecule has 2 N–H and O–H groups in total. The van der Waals surface area contributed by atoms with E-state index in [1.807, 2.05) is 0 Å². The van der Waals surface area contributed by atoms with Crippen molar-refractivity contribution in [2.75, 3.05) is 0 Å². The van der Waals surface area contributed by atoms with Crippen LogP contribution in [0.3, 0.4) is 0 Å². The third kappa shape index (κ3) is 3.26. The van der Waals surface area contributed by atoms with E-state index >= 15 is 0 Å². The van der Waals surface area contributed by atoms with E-state index in [1.165, 1.54) is 0 Å². The lowest BCUT2D eigenvalue weighted by atomic mass is 10.0. The first-order valence-electron chi connectivity index (χ1n) is 4.22. The Morgan fingerprint density at radius 3 is 1.94 bits per heavy atom. The second-order valence-electron chi connectivity index (χ2n) is 3.26. The average Bonchev–Trinajstić information content (AvgIpc) is 2.12. The maximum absolute atomic E-state index is 12.3. The highest BCUT2D eigenvalue weighted by Crippen LogP contribution is 2.37. The van der Waals surface area contributed by atoms with Gasteiger partial charge in [0, 0.05) is 0 Å². The van der Waals surface area contributed by atoms with Crippen LogP contribution in [0.1, 0.15) is 17.2 Å². The smallest absolute Gasteiger partial charge is 0.316 e. The van der Waals surface area contributed by atoms with Gasteiger partial charge in [-0.05, 0) is 17.7 Å². The molecule has 17 heavy (non-hydrogen) atoms. The minimum Gasteiger partial charge on any atom is -0.316 e. The van der Waals surface area contributed by atoms with Crippen LogP contribution in [0.2, 0.25) is 5.02 Å². The molecule has 8 heteroatoms. The summed E-state index contributed by atoms with van der Waals surface area (Å²) in [5.74, 6) is 0. The number of hydrogen-bond donors (Lipinski definition) is 1. The molecule has 1 atom stereocenters. The first-order valence-corrected chi connectivity index (χ1v) is 4.60. The fourth-order valence-electron chi connectivity index (χ4n) is 1.14. The highest BCUT2D eigenvalue weighted by Gasteiger charge is 2.39. The average molecular weight is 278 g/mol. The summed E-state index contributed by atoms with van der Waals surface area (Å²) >= 11 is 5.27. The van der Waals surface area contributed by atoms with Gasteiger partial charge in [-0.1, -0.05) is 17.7 Å². The van der Waals surface area contributed by atoms with E-state index in [0.717, 1.165) is 0 Å². The molecule has 1 rings (SSSR count). The molecule has 0 saturated heterocycles. The summed E-state index contributed by atoms with van der Waals surface area (Å²) in [5.41, 5.74) is 3.12. The molecule has 0 aliphatic rings. The zero-order valence-electron chi connectivity index (χ0n) is 8.03. The van der Waals surface area contributed by atoms with Gasteiger partial charge in [-0.15, -0.1) is 0 Å². The van der Waals surface area contributed by atoms with Crippen molar-refractivity contribution < 1.29 is 26.3 Å². The van der Waals surface area contributed by atoms with Crippen molar-refractivity contribution in [2.45, 2.75) is 18.4 Å². The Morgan fingerprint density at radius 2 is 1.59 bits per heavy atom. The Morgan fingerprint density at radius 1 is 1.06 bits per heavy atom. The van der Waals surface area contributed by atoms with Gasteiger partial charge in [0.2, 0.25) is 0 Å². The first kappa shape index (κ1) is 14.1. The number of alkyl halides is 6. The molecule has 0 fully saturated rings. The predicted octanol–water partition coefficient (Wildman–Crippen LogP) is 3.92. The SMILES string of the molecule is NC(c1ccc(C(F)(F)F)c(Cl)c1)C(F)(F)F. The van der Waals surface area contributed by atoms with Crippen molar-refractivity contribution in [2.24, 2.45) is 5.73 Å². The zero-order chi connectivity index (χ0) is 13.4. The Kier molecular flexibility index (Phi) is 3.63. The van der Waals surface area contributed by atoms with Crippen LogP contribution in [0.25, 0.3) is 0 Å². The van der Waals surface area contributed by atoms with Crippen LogP contribution in [0.5, 0.6) is 0 Å². The summed E-state index contributed by atoms with van der Waals surface area (Å²) in [7, 11) is 0. The molecule has 0 aliphatic carbocycles. The van der Waals surface area contributed by atoms with Gasteiger partial charge in [-0.2, -0.15) is 26.3 Å². The molecule has 0 aromatic heterocycles. The molecule has 1 unspecified atom stereocenters. The van der Waals surface area contributed by atoms with Crippen LogP contribution in [-0.2, 0) is 6.18 Å². The Labute approximate surface area is 97.2 Å². The van der Waals surface area contributed by atoms with E-state index in [4.69, 9.17) is 17.3 Å². The Hall–Kier alpha value is -0.950. The number of nitrogens with two attached hydrogens (primary N) is 1. The molecule has 0 saturated carbocycles. The summed E-state index contributed by atoms with van der Waals surface area (Å²) in [6.07, 6.45) is -9.44. The lowest BCUT2D eigenvalue weighted by Gasteiger charge is -2.17.